The lowest BCUT2D eigenvalue weighted by Gasteiger charge is -2.16. The van der Waals surface area contributed by atoms with Gasteiger partial charge in [-0.25, -0.2) is 0 Å². The number of pyridine rings is 1. The molecule has 6 heteroatoms. The number of hydrogen-bond acceptors (Lipinski definition) is 5. The summed E-state index contributed by atoms with van der Waals surface area (Å²) in [6.07, 6.45) is 0. The van der Waals surface area contributed by atoms with Gasteiger partial charge in [0.15, 0.2) is 0 Å². The summed E-state index contributed by atoms with van der Waals surface area (Å²) in [5.74, 6) is 0. The highest BCUT2D eigenvalue weighted by Gasteiger charge is 2.10. The molecule has 0 aliphatic heterocycles. The average molecular weight is 288 g/mol. The number of aryl methyl sites for hydroxylation is 1. The third-order valence-corrected chi connectivity index (χ3v) is 3.48. The minimum absolute atomic E-state index is 0.0851. The van der Waals surface area contributed by atoms with E-state index >= 15 is 0 Å². The number of anilines is 1. The lowest BCUT2D eigenvalue weighted by molar-refractivity contribution is -0.384. The van der Waals surface area contributed by atoms with E-state index in [2.05, 4.69) is 29.2 Å². The molecule has 0 bridgehead atoms. The van der Waals surface area contributed by atoms with Crippen LogP contribution in [0.15, 0.2) is 24.3 Å². The number of benzene rings is 1. The Labute approximate surface area is 123 Å². The first-order chi connectivity index (χ1) is 10.0. The van der Waals surface area contributed by atoms with Crippen LogP contribution in [0, 0.1) is 17.0 Å². The summed E-state index contributed by atoms with van der Waals surface area (Å²) in [4.78, 5) is 17.2. The summed E-state index contributed by atoms with van der Waals surface area (Å²) in [7, 11) is 2.06. The van der Waals surface area contributed by atoms with Gasteiger partial charge in [-0.3, -0.25) is 15.1 Å². The van der Waals surface area contributed by atoms with Crippen molar-refractivity contribution in [2.45, 2.75) is 13.8 Å². The second kappa shape index (κ2) is 6.49. The number of nitro benzene ring substituents is 1. The molecule has 112 valence electrons. The Morgan fingerprint density at radius 3 is 2.81 bits per heavy atom. The number of nitro groups is 1. The van der Waals surface area contributed by atoms with E-state index in [0.29, 0.717) is 0 Å². The first-order valence-corrected chi connectivity index (χ1v) is 6.99. The van der Waals surface area contributed by atoms with Gasteiger partial charge in [0.05, 0.1) is 10.4 Å². The Morgan fingerprint density at radius 1 is 1.38 bits per heavy atom. The van der Waals surface area contributed by atoms with Crippen molar-refractivity contribution in [1.82, 2.24) is 9.88 Å². The van der Waals surface area contributed by atoms with E-state index in [1.807, 2.05) is 13.0 Å². The molecule has 0 atom stereocenters. The summed E-state index contributed by atoms with van der Waals surface area (Å²) in [6.45, 7) is 6.71. The predicted molar refractivity (Wildman–Crippen MR) is 84.8 cm³/mol. The third-order valence-electron chi connectivity index (χ3n) is 3.48. The smallest absolute Gasteiger partial charge is 0.270 e. The number of rotatable bonds is 6. The molecule has 0 unspecified atom stereocenters. The predicted octanol–water partition coefficient (Wildman–Crippen LogP) is 2.82. The number of fused-ring (bicyclic) bond motifs is 1. The second-order valence-corrected chi connectivity index (χ2v) is 5.09. The average Bonchev–Trinajstić information content (AvgIpc) is 2.46. The molecule has 0 aliphatic carbocycles. The normalized spacial score (nSPS) is 11.0. The van der Waals surface area contributed by atoms with Crippen LogP contribution in [0.5, 0.6) is 0 Å². The fourth-order valence-electron chi connectivity index (χ4n) is 2.15. The molecule has 0 saturated carbocycles. The molecule has 1 aromatic carbocycles. The summed E-state index contributed by atoms with van der Waals surface area (Å²) >= 11 is 0. The molecule has 0 spiro atoms. The molecule has 2 rings (SSSR count). The number of nitrogens with one attached hydrogen (secondary N) is 1. The van der Waals surface area contributed by atoms with Gasteiger partial charge >= 0.3 is 0 Å². The maximum atomic E-state index is 10.9. The Morgan fingerprint density at radius 2 is 2.14 bits per heavy atom. The second-order valence-electron chi connectivity index (χ2n) is 5.09. The maximum absolute atomic E-state index is 10.9. The molecular weight excluding hydrogens is 268 g/mol. The van der Waals surface area contributed by atoms with Crippen LogP contribution in [0.3, 0.4) is 0 Å². The van der Waals surface area contributed by atoms with E-state index in [9.17, 15) is 10.1 Å². The van der Waals surface area contributed by atoms with Crippen LogP contribution in [0.4, 0.5) is 11.4 Å². The molecule has 21 heavy (non-hydrogen) atoms. The lowest BCUT2D eigenvalue weighted by atomic mass is 10.1. The first-order valence-electron chi connectivity index (χ1n) is 6.99. The fraction of sp³-hybridized carbons (Fsp3) is 0.400. The van der Waals surface area contributed by atoms with Gasteiger partial charge in [0.2, 0.25) is 0 Å². The summed E-state index contributed by atoms with van der Waals surface area (Å²) in [6, 6.07) is 6.69. The van der Waals surface area contributed by atoms with Crippen LogP contribution >= 0.6 is 0 Å². The van der Waals surface area contributed by atoms with Crippen molar-refractivity contribution in [3.8, 4) is 0 Å². The molecule has 0 aliphatic rings. The molecular formula is C15H20N4O2. The van der Waals surface area contributed by atoms with Gasteiger partial charge in [-0.05, 0) is 32.6 Å². The zero-order valence-corrected chi connectivity index (χ0v) is 12.6. The van der Waals surface area contributed by atoms with E-state index in [-0.39, 0.29) is 10.6 Å². The SMILES string of the molecule is CCN(C)CCNc1cc(C)nc2ccc([N+](=O)[O-])cc12. The topological polar surface area (TPSA) is 71.3 Å². The van der Waals surface area contributed by atoms with Gasteiger partial charge < -0.3 is 10.2 Å². The van der Waals surface area contributed by atoms with E-state index < -0.39 is 0 Å². The minimum atomic E-state index is -0.381. The van der Waals surface area contributed by atoms with Gasteiger partial charge in [0.25, 0.3) is 5.69 Å². The zero-order chi connectivity index (χ0) is 15.4. The van der Waals surface area contributed by atoms with Crippen molar-refractivity contribution in [2.24, 2.45) is 0 Å². The van der Waals surface area contributed by atoms with Crippen LogP contribution in [-0.2, 0) is 0 Å². The van der Waals surface area contributed by atoms with Crippen LogP contribution in [-0.4, -0.2) is 41.5 Å². The van der Waals surface area contributed by atoms with Crippen LogP contribution < -0.4 is 5.32 Å². The Bertz CT molecular complexity index is 657. The van der Waals surface area contributed by atoms with Gasteiger partial charge in [-0.15, -0.1) is 0 Å². The quantitative estimate of drug-likeness (QED) is 0.653. The Kier molecular flexibility index (Phi) is 4.70. The molecule has 2 aromatic rings. The number of non-ortho nitro benzene ring substituents is 1. The molecule has 0 radical (unpaired) electrons. The van der Waals surface area contributed by atoms with Crippen molar-refractivity contribution in [3.05, 3.63) is 40.1 Å². The molecule has 1 heterocycles. The van der Waals surface area contributed by atoms with Gasteiger partial charge in [0.1, 0.15) is 0 Å². The molecule has 0 fully saturated rings. The largest absolute Gasteiger partial charge is 0.383 e. The number of likely N-dealkylation sites (N-methyl/N-ethyl adjacent to an activating group) is 1. The van der Waals surface area contributed by atoms with Gasteiger partial charge in [0, 0.05) is 42.0 Å². The summed E-state index contributed by atoms with van der Waals surface area (Å²) in [5, 5.41) is 15.1. The van der Waals surface area contributed by atoms with Gasteiger partial charge in [-0.1, -0.05) is 6.92 Å². The maximum Gasteiger partial charge on any atom is 0.270 e. The zero-order valence-electron chi connectivity index (χ0n) is 12.6. The molecule has 1 N–H and O–H groups in total. The van der Waals surface area contributed by atoms with Crippen molar-refractivity contribution in [1.29, 1.82) is 0 Å². The van der Waals surface area contributed by atoms with Crippen LogP contribution in [0.2, 0.25) is 0 Å². The minimum Gasteiger partial charge on any atom is -0.383 e. The summed E-state index contributed by atoms with van der Waals surface area (Å²) < 4.78 is 0. The molecule has 6 nitrogen and oxygen atoms in total. The Balaban J connectivity index is 2.31. The molecule has 0 saturated heterocycles. The monoisotopic (exact) mass is 288 g/mol. The molecule has 0 amide bonds. The fourth-order valence-corrected chi connectivity index (χ4v) is 2.15. The van der Waals surface area contributed by atoms with Crippen molar-refractivity contribution < 1.29 is 4.92 Å². The Hall–Kier alpha value is -2.21. The van der Waals surface area contributed by atoms with Gasteiger partial charge in [-0.2, -0.15) is 0 Å². The highest BCUT2D eigenvalue weighted by Crippen LogP contribution is 2.27. The first kappa shape index (κ1) is 15.2. The van der Waals surface area contributed by atoms with Crippen LogP contribution in [0.25, 0.3) is 10.9 Å². The van der Waals surface area contributed by atoms with Crippen molar-refractivity contribution in [3.63, 3.8) is 0 Å². The number of nitrogens with zero attached hydrogens (tertiary/aromatic N) is 3. The van der Waals surface area contributed by atoms with E-state index in [1.54, 1.807) is 12.1 Å². The standard InChI is InChI=1S/C15H20N4O2/c1-4-18(3)8-7-16-15-9-11(2)17-14-6-5-12(19(20)21)10-13(14)15/h5-6,9-10H,4,7-8H2,1-3H3,(H,16,17). The highest BCUT2D eigenvalue weighted by atomic mass is 16.6. The summed E-state index contributed by atoms with van der Waals surface area (Å²) in [5.41, 5.74) is 2.64. The number of hydrogen-bond donors (Lipinski definition) is 1. The third kappa shape index (κ3) is 3.66. The van der Waals surface area contributed by atoms with Crippen LogP contribution in [0.1, 0.15) is 12.6 Å². The van der Waals surface area contributed by atoms with E-state index in [4.69, 9.17) is 0 Å². The van der Waals surface area contributed by atoms with Crippen molar-refractivity contribution in [2.75, 3.05) is 32.0 Å². The molecule has 1 aromatic heterocycles. The van der Waals surface area contributed by atoms with E-state index in [1.165, 1.54) is 6.07 Å². The van der Waals surface area contributed by atoms with E-state index in [0.717, 1.165) is 41.9 Å². The lowest BCUT2D eigenvalue weighted by Crippen LogP contribution is -2.24. The number of aromatic nitrogens is 1. The highest BCUT2D eigenvalue weighted by molar-refractivity contribution is 5.93. The van der Waals surface area contributed by atoms with Crippen molar-refractivity contribution >= 4 is 22.3 Å².